The number of benzene rings is 1. The van der Waals surface area contributed by atoms with E-state index in [1.807, 2.05) is 32.0 Å². The smallest absolute Gasteiger partial charge is 0.270 e. The van der Waals surface area contributed by atoms with Gasteiger partial charge in [0.05, 0.1) is 5.92 Å². The Kier molecular flexibility index (Phi) is 6.39. The van der Waals surface area contributed by atoms with Crippen molar-refractivity contribution in [2.24, 2.45) is 5.92 Å². The molecule has 1 aromatic carbocycles. The topological polar surface area (TPSA) is 103 Å². The molecule has 9 heteroatoms. The van der Waals surface area contributed by atoms with Gasteiger partial charge >= 0.3 is 0 Å². The van der Waals surface area contributed by atoms with Crippen molar-refractivity contribution in [3.05, 3.63) is 47.3 Å². The Morgan fingerprint density at radius 1 is 1.03 bits per heavy atom. The monoisotopic (exact) mass is 458 g/mol. The van der Waals surface area contributed by atoms with Gasteiger partial charge in [0.2, 0.25) is 15.9 Å². The van der Waals surface area contributed by atoms with Gasteiger partial charge in [-0.3, -0.25) is 9.59 Å². The number of aromatic nitrogens is 1. The molecule has 1 atom stereocenters. The van der Waals surface area contributed by atoms with Crippen LogP contribution in [-0.2, 0) is 14.8 Å². The van der Waals surface area contributed by atoms with E-state index >= 15 is 0 Å². The Balaban J connectivity index is 1.44. The summed E-state index contributed by atoms with van der Waals surface area (Å²) in [6.07, 6.45) is 4.55. The maximum atomic E-state index is 13.2. The average molecular weight is 459 g/mol. The van der Waals surface area contributed by atoms with Gasteiger partial charge in [-0.2, -0.15) is 4.31 Å². The Morgan fingerprint density at radius 3 is 2.50 bits per heavy atom. The highest BCUT2D eigenvalue weighted by Gasteiger charge is 2.34. The number of H-pyrrole nitrogens is 1. The lowest BCUT2D eigenvalue weighted by molar-refractivity contribution is -0.120. The van der Waals surface area contributed by atoms with E-state index in [-0.39, 0.29) is 28.9 Å². The summed E-state index contributed by atoms with van der Waals surface area (Å²) in [4.78, 5) is 30.0. The fourth-order valence-corrected chi connectivity index (χ4v) is 5.84. The molecule has 0 unspecified atom stereocenters. The number of hydrogen-bond acceptors (Lipinski definition) is 4. The normalized spacial score (nSPS) is 19.8. The number of sulfonamides is 1. The highest BCUT2D eigenvalue weighted by Crippen LogP contribution is 2.26. The van der Waals surface area contributed by atoms with Crippen LogP contribution in [-0.4, -0.2) is 60.6 Å². The third kappa shape index (κ3) is 4.59. The Labute approximate surface area is 189 Å². The lowest BCUT2D eigenvalue weighted by Crippen LogP contribution is -2.43. The van der Waals surface area contributed by atoms with Gasteiger partial charge in [0.1, 0.15) is 10.6 Å². The zero-order valence-electron chi connectivity index (χ0n) is 18.6. The number of likely N-dealkylation sites (tertiary alicyclic amines) is 1. The second-order valence-corrected chi connectivity index (χ2v) is 10.7. The number of anilines is 1. The predicted molar refractivity (Wildman–Crippen MR) is 122 cm³/mol. The molecular formula is C23H30N4O4S. The van der Waals surface area contributed by atoms with E-state index in [0.29, 0.717) is 38.2 Å². The summed E-state index contributed by atoms with van der Waals surface area (Å²) in [7, 11) is -3.80. The molecule has 4 rings (SSSR count). The number of hydrogen-bond donors (Lipinski definition) is 2. The number of aromatic amines is 1. The number of rotatable bonds is 5. The van der Waals surface area contributed by atoms with Crippen molar-refractivity contribution in [3.8, 4) is 0 Å². The first-order chi connectivity index (χ1) is 15.3. The molecule has 2 aliphatic rings. The van der Waals surface area contributed by atoms with E-state index in [2.05, 4.69) is 10.3 Å². The van der Waals surface area contributed by atoms with Crippen LogP contribution < -0.4 is 5.32 Å². The summed E-state index contributed by atoms with van der Waals surface area (Å²) >= 11 is 0. The molecule has 2 aromatic rings. The Bertz CT molecular complexity index is 1120. The molecule has 8 nitrogen and oxygen atoms in total. The fourth-order valence-electron chi connectivity index (χ4n) is 4.32. The molecule has 3 heterocycles. The molecule has 0 spiro atoms. The number of carbonyl (C=O) groups excluding carboxylic acids is 2. The minimum absolute atomic E-state index is 0.0651. The first kappa shape index (κ1) is 22.5. The van der Waals surface area contributed by atoms with Gasteiger partial charge in [0.25, 0.3) is 5.91 Å². The summed E-state index contributed by atoms with van der Waals surface area (Å²) in [6, 6.07) is 7.14. The van der Waals surface area contributed by atoms with Gasteiger partial charge in [0.15, 0.2) is 0 Å². The highest BCUT2D eigenvalue weighted by atomic mass is 32.2. The molecule has 2 amide bonds. The fraction of sp³-hybridized carbons (Fsp3) is 0.478. The van der Waals surface area contributed by atoms with E-state index in [1.165, 1.54) is 16.6 Å². The van der Waals surface area contributed by atoms with Gasteiger partial charge in [0, 0.05) is 38.1 Å². The maximum Gasteiger partial charge on any atom is 0.270 e. The molecule has 2 fully saturated rings. The largest absolute Gasteiger partial charge is 0.356 e. The van der Waals surface area contributed by atoms with Gasteiger partial charge in [-0.1, -0.05) is 6.07 Å². The molecule has 2 N–H and O–H groups in total. The third-order valence-electron chi connectivity index (χ3n) is 6.45. The molecule has 1 aromatic heterocycles. The minimum Gasteiger partial charge on any atom is -0.356 e. The zero-order chi connectivity index (χ0) is 22.9. The number of aryl methyl sites for hydroxylation is 2. The van der Waals surface area contributed by atoms with Crippen molar-refractivity contribution < 1.29 is 18.0 Å². The van der Waals surface area contributed by atoms with E-state index < -0.39 is 15.9 Å². The van der Waals surface area contributed by atoms with Crippen LogP contribution in [0.4, 0.5) is 5.69 Å². The van der Waals surface area contributed by atoms with E-state index in [1.54, 1.807) is 4.90 Å². The lowest BCUT2D eigenvalue weighted by Gasteiger charge is -2.31. The molecule has 172 valence electrons. The maximum absolute atomic E-state index is 13.2. The van der Waals surface area contributed by atoms with Crippen LogP contribution >= 0.6 is 0 Å². The van der Waals surface area contributed by atoms with Gasteiger partial charge in [-0.25, -0.2) is 8.42 Å². The van der Waals surface area contributed by atoms with Crippen LogP contribution in [0.3, 0.4) is 0 Å². The molecule has 32 heavy (non-hydrogen) atoms. The third-order valence-corrected chi connectivity index (χ3v) is 8.29. The number of amides is 2. The van der Waals surface area contributed by atoms with Crippen LogP contribution in [0, 0.1) is 19.8 Å². The van der Waals surface area contributed by atoms with Crippen LogP contribution in [0.25, 0.3) is 0 Å². The molecule has 2 aliphatic heterocycles. The lowest BCUT2D eigenvalue weighted by atomic mass is 9.98. The standard InChI is InChI=1S/C23H30N4O4S/c1-16-7-8-19(12-17(16)2)25-22(28)18-6-5-11-27(15-18)32(30,31)20-13-21(24-14-20)23(29)26-9-3-4-10-26/h7-8,12-14,18,24H,3-6,9-11,15H2,1-2H3,(H,25,28)/t18-/m1/s1. The molecule has 0 aliphatic carbocycles. The summed E-state index contributed by atoms with van der Waals surface area (Å²) < 4.78 is 27.8. The van der Waals surface area contributed by atoms with E-state index in [9.17, 15) is 18.0 Å². The summed E-state index contributed by atoms with van der Waals surface area (Å²) in [6.45, 7) is 5.87. The van der Waals surface area contributed by atoms with Crippen LogP contribution in [0.1, 0.15) is 47.3 Å². The van der Waals surface area contributed by atoms with Crippen molar-refractivity contribution >= 4 is 27.5 Å². The molecule has 0 saturated carbocycles. The number of nitrogens with zero attached hydrogens (tertiary/aromatic N) is 2. The summed E-state index contributed by atoms with van der Waals surface area (Å²) in [5, 5.41) is 2.92. The Hall–Kier alpha value is -2.65. The van der Waals surface area contributed by atoms with Crippen molar-refractivity contribution in [2.75, 3.05) is 31.5 Å². The van der Waals surface area contributed by atoms with E-state index in [0.717, 1.165) is 24.0 Å². The van der Waals surface area contributed by atoms with Gasteiger partial charge in [-0.15, -0.1) is 0 Å². The first-order valence-corrected chi connectivity index (χ1v) is 12.6. The van der Waals surface area contributed by atoms with Gasteiger partial charge < -0.3 is 15.2 Å². The van der Waals surface area contributed by atoms with Crippen LogP contribution in [0.15, 0.2) is 35.4 Å². The van der Waals surface area contributed by atoms with Crippen molar-refractivity contribution in [1.82, 2.24) is 14.2 Å². The van der Waals surface area contributed by atoms with Crippen LogP contribution in [0.2, 0.25) is 0 Å². The van der Waals surface area contributed by atoms with Crippen molar-refractivity contribution in [2.45, 2.75) is 44.4 Å². The van der Waals surface area contributed by atoms with E-state index in [4.69, 9.17) is 0 Å². The summed E-state index contributed by atoms with van der Waals surface area (Å²) in [5.41, 5.74) is 3.23. The number of carbonyl (C=O) groups is 2. The molecule has 0 radical (unpaired) electrons. The Morgan fingerprint density at radius 2 is 1.78 bits per heavy atom. The van der Waals surface area contributed by atoms with Crippen LogP contribution in [0.5, 0.6) is 0 Å². The predicted octanol–water partition coefficient (Wildman–Crippen LogP) is 2.91. The van der Waals surface area contributed by atoms with Gasteiger partial charge in [-0.05, 0) is 68.9 Å². The SMILES string of the molecule is Cc1ccc(NC(=O)[C@@H]2CCCN(S(=O)(=O)c3c[nH]c(C(=O)N4CCCC4)c3)C2)cc1C. The molecule has 0 bridgehead atoms. The first-order valence-electron chi connectivity index (χ1n) is 11.1. The van der Waals surface area contributed by atoms with Crippen molar-refractivity contribution in [1.29, 1.82) is 0 Å². The zero-order valence-corrected chi connectivity index (χ0v) is 19.4. The highest BCUT2D eigenvalue weighted by molar-refractivity contribution is 7.89. The quantitative estimate of drug-likeness (QED) is 0.719. The second kappa shape index (κ2) is 9.07. The average Bonchev–Trinajstić information content (AvgIpc) is 3.49. The minimum atomic E-state index is -3.80. The number of piperidine rings is 1. The van der Waals surface area contributed by atoms with Crippen molar-refractivity contribution in [3.63, 3.8) is 0 Å². The molecule has 2 saturated heterocycles. The second-order valence-electron chi connectivity index (χ2n) is 8.74. The number of nitrogens with one attached hydrogen (secondary N) is 2. The molecular weight excluding hydrogens is 428 g/mol. The summed E-state index contributed by atoms with van der Waals surface area (Å²) in [5.74, 6) is -0.773.